The number of hydrogen-bond acceptors (Lipinski definition) is 3. The van der Waals surface area contributed by atoms with E-state index in [1.807, 2.05) is 24.3 Å². The molecule has 2 aromatic rings. The molecule has 0 fully saturated rings. The molecule has 0 aromatic heterocycles. The summed E-state index contributed by atoms with van der Waals surface area (Å²) in [7, 11) is 1.57. The van der Waals surface area contributed by atoms with Crippen LogP contribution in [0, 0.1) is 0 Å². The number of carbonyl (C=O) groups is 2. The number of benzene rings is 2. The summed E-state index contributed by atoms with van der Waals surface area (Å²) in [4.78, 5) is 24.6. The monoisotopic (exact) mass is 348 g/mol. The normalized spacial score (nSPS) is 10.2. The molecule has 6 heteroatoms. The number of thioether (sulfide) groups is 1. The first-order valence-corrected chi connectivity index (χ1v) is 8.45. The molecule has 4 nitrogen and oxygen atoms in total. The fourth-order valence-corrected chi connectivity index (χ4v) is 2.88. The Kier molecular flexibility index (Phi) is 6.50. The second-order valence-corrected chi connectivity index (χ2v) is 6.37. The topological polar surface area (TPSA) is 58.2 Å². The summed E-state index contributed by atoms with van der Waals surface area (Å²) in [6.45, 7) is 0. The van der Waals surface area contributed by atoms with Crippen molar-refractivity contribution in [3.63, 3.8) is 0 Å². The quantitative estimate of drug-likeness (QED) is 0.780. The molecule has 2 aromatic carbocycles. The average molecular weight is 349 g/mol. The van der Waals surface area contributed by atoms with Gasteiger partial charge in [0.2, 0.25) is 5.91 Å². The van der Waals surface area contributed by atoms with Crippen LogP contribution < -0.4 is 10.6 Å². The first-order valence-electron chi connectivity index (χ1n) is 7.09. The van der Waals surface area contributed by atoms with Crippen LogP contribution in [-0.4, -0.2) is 24.6 Å². The van der Waals surface area contributed by atoms with Gasteiger partial charge in [0.15, 0.2) is 0 Å². The molecular formula is C17H17ClN2O2S. The van der Waals surface area contributed by atoms with Gasteiger partial charge in [0.1, 0.15) is 0 Å². The molecule has 0 atom stereocenters. The molecule has 0 saturated heterocycles. The summed E-state index contributed by atoms with van der Waals surface area (Å²) in [5.41, 5.74) is 1.13. The van der Waals surface area contributed by atoms with Gasteiger partial charge in [0, 0.05) is 40.4 Å². The predicted molar refractivity (Wildman–Crippen MR) is 95.3 cm³/mol. The molecular weight excluding hydrogens is 332 g/mol. The SMILES string of the molecule is CNC(=O)c1cccc(NC(=O)CCSc2ccc(Cl)cc2)c1. The van der Waals surface area contributed by atoms with Gasteiger partial charge in [-0.25, -0.2) is 0 Å². The highest BCUT2D eigenvalue weighted by Crippen LogP contribution is 2.21. The highest BCUT2D eigenvalue weighted by atomic mass is 35.5. The largest absolute Gasteiger partial charge is 0.355 e. The van der Waals surface area contributed by atoms with Crippen molar-refractivity contribution in [2.45, 2.75) is 11.3 Å². The Morgan fingerprint density at radius 3 is 2.57 bits per heavy atom. The second-order valence-electron chi connectivity index (χ2n) is 4.76. The minimum Gasteiger partial charge on any atom is -0.355 e. The van der Waals surface area contributed by atoms with Gasteiger partial charge in [0.25, 0.3) is 5.91 Å². The van der Waals surface area contributed by atoms with Gasteiger partial charge in [0.05, 0.1) is 0 Å². The average Bonchev–Trinajstić information content (AvgIpc) is 2.56. The Morgan fingerprint density at radius 1 is 1.13 bits per heavy atom. The first kappa shape index (κ1) is 17.4. The van der Waals surface area contributed by atoms with E-state index in [1.54, 1.807) is 43.1 Å². The molecule has 2 amide bonds. The lowest BCUT2D eigenvalue weighted by Crippen LogP contribution is -2.18. The fourth-order valence-electron chi connectivity index (χ4n) is 1.90. The Hall–Kier alpha value is -1.98. The third-order valence-corrected chi connectivity index (χ3v) is 4.31. The van der Waals surface area contributed by atoms with Gasteiger partial charge in [-0.1, -0.05) is 17.7 Å². The smallest absolute Gasteiger partial charge is 0.251 e. The van der Waals surface area contributed by atoms with Gasteiger partial charge in [-0.15, -0.1) is 11.8 Å². The fraction of sp³-hybridized carbons (Fsp3) is 0.176. The Morgan fingerprint density at radius 2 is 1.87 bits per heavy atom. The van der Waals surface area contributed by atoms with Crippen LogP contribution in [-0.2, 0) is 4.79 Å². The van der Waals surface area contributed by atoms with Gasteiger partial charge in [-0.2, -0.15) is 0 Å². The number of halogens is 1. The van der Waals surface area contributed by atoms with Crippen LogP contribution in [0.1, 0.15) is 16.8 Å². The molecule has 0 bridgehead atoms. The van der Waals surface area contributed by atoms with Crippen LogP contribution >= 0.6 is 23.4 Å². The van der Waals surface area contributed by atoms with Crippen molar-refractivity contribution in [1.82, 2.24) is 5.32 Å². The van der Waals surface area contributed by atoms with E-state index < -0.39 is 0 Å². The number of anilines is 1. The molecule has 0 radical (unpaired) electrons. The lowest BCUT2D eigenvalue weighted by atomic mass is 10.2. The summed E-state index contributed by atoms with van der Waals surface area (Å²) in [6, 6.07) is 14.4. The molecule has 0 aliphatic heterocycles. The van der Waals surface area contributed by atoms with E-state index in [2.05, 4.69) is 10.6 Å². The zero-order chi connectivity index (χ0) is 16.7. The molecule has 0 spiro atoms. The van der Waals surface area contributed by atoms with Crippen LogP contribution in [0.3, 0.4) is 0 Å². The van der Waals surface area contributed by atoms with Crippen molar-refractivity contribution in [2.75, 3.05) is 18.1 Å². The second kappa shape index (κ2) is 8.60. The van der Waals surface area contributed by atoms with E-state index in [9.17, 15) is 9.59 Å². The molecule has 0 aliphatic carbocycles. The molecule has 0 unspecified atom stereocenters. The van der Waals surface area contributed by atoms with Crippen molar-refractivity contribution >= 4 is 40.9 Å². The van der Waals surface area contributed by atoms with Crippen molar-refractivity contribution in [3.05, 3.63) is 59.1 Å². The molecule has 0 saturated carbocycles. The summed E-state index contributed by atoms with van der Waals surface area (Å²) < 4.78 is 0. The third-order valence-electron chi connectivity index (χ3n) is 3.05. The minimum absolute atomic E-state index is 0.0829. The van der Waals surface area contributed by atoms with Crippen molar-refractivity contribution in [1.29, 1.82) is 0 Å². The molecule has 0 aliphatic rings. The number of carbonyl (C=O) groups excluding carboxylic acids is 2. The Bertz CT molecular complexity index is 689. The van der Waals surface area contributed by atoms with E-state index >= 15 is 0 Å². The maximum atomic E-state index is 12.0. The molecule has 2 rings (SSSR count). The predicted octanol–water partition coefficient (Wildman–Crippen LogP) is 3.82. The maximum Gasteiger partial charge on any atom is 0.251 e. The maximum absolute atomic E-state index is 12.0. The zero-order valence-electron chi connectivity index (χ0n) is 12.6. The van der Waals surface area contributed by atoms with E-state index in [1.165, 1.54) is 0 Å². The van der Waals surface area contributed by atoms with Crippen molar-refractivity contribution < 1.29 is 9.59 Å². The molecule has 0 heterocycles. The lowest BCUT2D eigenvalue weighted by molar-refractivity contribution is -0.115. The number of nitrogens with one attached hydrogen (secondary N) is 2. The Balaban J connectivity index is 1.82. The van der Waals surface area contributed by atoms with Crippen LogP contribution in [0.25, 0.3) is 0 Å². The van der Waals surface area contributed by atoms with Crippen LogP contribution in [0.5, 0.6) is 0 Å². The van der Waals surface area contributed by atoms with E-state index in [-0.39, 0.29) is 11.8 Å². The first-order chi connectivity index (χ1) is 11.1. The van der Waals surface area contributed by atoms with Crippen molar-refractivity contribution in [3.8, 4) is 0 Å². The van der Waals surface area contributed by atoms with Gasteiger partial charge < -0.3 is 10.6 Å². The number of hydrogen-bond donors (Lipinski definition) is 2. The van der Waals surface area contributed by atoms with E-state index in [0.717, 1.165) is 4.90 Å². The van der Waals surface area contributed by atoms with Crippen LogP contribution in [0.2, 0.25) is 5.02 Å². The molecule has 23 heavy (non-hydrogen) atoms. The van der Waals surface area contributed by atoms with Gasteiger partial charge in [-0.05, 0) is 42.5 Å². The van der Waals surface area contributed by atoms with E-state index in [0.29, 0.717) is 28.4 Å². The summed E-state index contributed by atoms with van der Waals surface area (Å²) in [5, 5.41) is 6.05. The lowest BCUT2D eigenvalue weighted by Gasteiger charge is -2.07. The van der Waals surface area contributed by atoms with Crippen LogP contribution in [0.15, 0.2) is 53.4 Å². The molecule has 2 N–H and O–H groups in total. The van der Waals surface area contributed by atoms with Crippen LogP contribution in [0.4, 0.5) is 5.69 Å². The highest BCUT2D eigenvalue weighted by Gasteiger charge is 2.06. The summed E-state index contributed by atoms with van der Waals surface area (Å²) in [6.07, 6.45) is 0.386. The standard InChI is InChI=1S/C17H17ClN2O2S/c1-19-17(22)12-3-2-4-14(11-12)20-16(21)9-10-23-15-7-5-13(18)6-8-15/h2-8,11H,9-10H2,1H3,(H,19,22)(H,20,21). The Labute approximate surface area is 144 Å². The summed E-state index contributed by atoms with van der Waals surface area (Å²) >= 11 is 7.43. The molecule has 120 valence electrons. The summed E-state index contributed by atoms with van der Waals surface area (Å²) in [5.74, 6) is 0.405. The highest BCUT2D eigenvalue weighted by molar-refractivity contribution is 7.99. The van der Waals surface area contributed by atoms with Gasteiger partial charge in [-0.3, -0.25) is 9.59 Å². The number of rotatable bonds is 6. The minimum atomic E-state index is -0.181. The zero-order valence-corrected chi connectivity index (χ0v) is 14.2. The third kappa shape index (κ3) is 5.62. The number of amides is 2. The van der Waals surface area contributed by atoms with Crippen molar-refractivity contribution in [2.24, 2.45) is 0 Å². The van der Waals surface area contributed by atoms with E-state index in [4.69, 9.17) is 11.6 Å². The van der Waals surface area contributed by atoms with Gasteiger partial charge >= 0.3 is 0 Å².